The Balaban J connectivity index is 1.28. The molecule has 0 bridgehead atoms. The van der Waals surface area contributed by atoms with Gasteiger partial charge in [0.1, 0.15) is 11.9 Å². The van der Waals surface area contributed by atoms with Gasteiger partial charge in [0.05, 0.1) is 23.0 Å². The van der Waals surface area contributed by atoms with Crippen LogP contribution in [0.2, 0.25) is 0 Å². The third-order valence-electron chi connectivity index (χ3n) is 7.54. The van der Waals surface area contributed by atoms with Gasteiger partial charge in [-0.05, 0) is 37.1 Å². The lowest BCUT2D eigenvalue weighted by Gasteiger charge is -2.35. The minimum absolute atomic E-state index is 0.551. The Labute approximate surface area is 228 Å². The van der Waals surface area contributed by atoms with Gasteiger partial charge in [-0.2, -0.15) is 15.5 Å². The Bertz CT molecular complexity index is 1620. The summed E-state index contributed by atoms with van der Waals surface area (Å²) in [4.78, 5) is 9.71. The van der Waals surface area contributed by atoms with E-state index in [1.165, 1.54) is 5.56 Å². The van der Waals surface area contributed by atoms with Crippen LogP contribution in [0.15, 0.2) is 73.3 Å². The molecule has 196 valence electrons. The highest BCUT2D eigenvalue weighted by Gasteiger charge is 2.20. The van der Waals surface area contributed by atoms with E-state index in [9.17, 15) is 5.26 Å². The van der Waals surface area contributed by atoms with E-state index in [2.05, 4.69) is 89.5 Å². The standard InChI is InChI=1S/C31H32N8/c1-3-29-28(22-38(4-2)35-29)25-16-27(31-26(17-32)19-34-39(31)21-25)24-10-11-30(33-18-24)37-14-12-36(13-15-37)20-23-8-6-5-7-9-23/h5-11,16,18-19,21-22H,3-4,12-15,20H2,1-2H3. The van der Waals surface area contributed by atoms with Gasteiger partial charge in [0.25, 0.3) is 0 Å². The largest absolute Gasteiger partial charge is 0.354 e. The molecule has 8 nitrogen and oxygen atoms in total. The van der Waals surface area contributed by atoms with Crippen LogP contribution >= 0.6 is 0 Å². The topological polar surface area (TPSA) is 78.3 Å². The summed E-state index contributed by atoms with van der Waals surface area (Å²) in [5.74, 6) is 0.983. The minimum Gasteiger partial charge on any atom is -0.354 e. The van der Waals surface area contributed by atoms with Crippen molar-refractivity contribution in [2.24, 2.45) is 0 Å². The van der Waals surface area contributed by atoms with Crippen molar-refractivity contribution in [1.82, 2.24) is 29.3 Å². The van der Waals surface area contributed by atoms with Crippen LogP contribution in [-0.2, 0) is 19.5 Å². The molecular formula is C31H32N8. The molecule has 0 radical (unpaired) electrons. The molecule has 0 amide bonds. The van der Waals surface area contributed by atoms with E-state index >= 15 is 0 Å². The molecule has 5 aromatic rings. The molecule has 6 rings (SSSR count). The third kappa shape index (κ3) is 4.89. The van der Waals surface area contributed by atoms with Crippen molar-refractivity contribution in [1.29, 1.82) is 5.26 Å². The molecule has 1 saturated heterocycles. The molecule has 8 heteroatoms. The zero-order valence-electron chi connectivity index (χ0n) is 22.5. The molecule has 5 heterocycles. The zero-order chi connectivity index (χ0) is 26.8. The number of hydrogen-bond donors (Lipinski definition) is 0. The lowest BCUT2D eigenvalue weighted by molar-refractivity contribution is 0.249. The van der Waals surface area contributed by atoms with E-state index in [4.69, 9.17) is 10.1 Å². The molecule has 0 saturated carbocycles. The fourth-order valence-corrected chi connectivity index (χ4v) is 5.41. The Morgan fingerprint density at radius 2 is 1.72 bits per heavy atom. The number of nitriles is 1. The fraction of sp³-hybridized carbons (Fsp3) is 0.290. The summed E-state index contributed by atoms with van der Waals surface area (Å²) in [7, 11) is 0. The van der Waals surface area contributed by atoms with Crippen LogP contribution in [0, 0.1) is 11.3 Å². The minimum atomic E-state index is 0.551. The number of fused-ring (bicyclic) bond motifs is 1. The molecule has 4 aromatic heterocycles. The second-order valence-electron chi connectivity index (χ2n) is 9.96. The second kappa shape index (κ2) is 10.7. The maximum absolute atomic E-state index is 9.79. The third-order valence-corrected chi connectivity index (χ3v) is 7.54. The normalized spacial score (nSPS) is 14.1. The van der Waals surface area contributed by atoms with Crippen LogP contribution in [0.4, 0.5) is 5.82 Å². The van der Waals surface area contributed by atoms with Crippen LogP contribution < -0.4 is 4.90 Å². The van der Waals surface area contributed by atoms with Crippen molar-refractivity contribution >= 4 is 11.3 Å². The van der Waals surface area contributed by atoms with Gasteiger partial charge in [0, 0.05) is 80.1 Å². The van der Waals surface area contributed by atoms with Crippen LogP contribution in [0.25, 0.3) is 27.8 Å². The molecule has 0 unspecified atom stereocenters. The van der Waals surface area contributed by atoms with Crippen LogP contribution in [0.1, 0.15) is 30.7 Å². The number of pyridine rings is 2. The van der Waals surface area contributed by atoms with Gasteiger partial charge in [-0.15, -0.1) is 0 Å². The van der Waals surface area contributed by atoms with Gasteiger partial charge in [-0.3, -0.25) is 9.58 Å². The van der Waals surface area contributed by atoms with Crippen molar-refractivity contribution in [2.45, 2.75) is 33.4 Å². The molecule has 0 atom stereocenters. The average Bonchev–Trinajstić information content (AvgIpc) is 3.62. The number of anilines is 1. The van der Waals surface area contributed by atoms with E-state index in [0.717, 1.165) is 85.0 Å². The number of hydrogen-bond acceptors (Lipinski definition) is 6. The molecular weight excluding hydrogens is 484 g/mol. The predicted octanol–water partition coefficient (Wildman–Crippen LogP) is 5.04. The van der Waals surface area contributed by atoms with Gasteiger partial charge in [0.15, 0.2) is 0 Å². The second-order valence-corrected chi connectivity index (χ2v) is 9.96. The predicted molar refractivity (Wildman–Crippen MR) is 153 cm³/mol. The Morgan fingerprint density at radius 1 is 0.897 bits per heavy atom. The Kier molecular flexibility index (Phi) is 6.82. The lowest BCUT2D eigenvalue weighted by atomic mass is 9.99. The molecule has 1 aliphatic rings. The molecule has 0 aliphatic carbocycles. The van der Waals surface area contributed by atoms with Crippen molar-refractivity contribution in [2.75, 3.05) is 31.1 Å². The van der Waals surface area contributed by atoms with Gasteiger partial charge >= 0.3 is 0 Å². The van der Waals surface area contributed by atoms with Crippen molar-refractivity contribution in [3.05, 3.63) is 90.1 Å². The summed E-state index contributed by atoms with van der Waals surface area (Å²) in [5.41, 5.74) is 7.78. The lowest BCUT2D eigenvalue weighted by Crippen LogP contribution is -2.46. The van der Waals surface area contributed by atoms with Gasteiger partial charge < -0.3 is 4.90 Å². The van der Waals surface area contributed by atoms with E-state index in [1.54, 1.807) is 6.20 Å². The molecule has 0 spiro atoms. The van der Waals surface area contributed by atoms with Crippen molar-refractivity contribution in [3.63, 3.8) is 0 Å². The summed E-state index contributed by atoms with van der Waals surface area (Å²) in [6.45, 7) is 9.92. The van der Waals surface area contributed by atoms with Gasteiger partial charge in [-0.1, -0.05) is 37.3 Å². The Hall–Kier alpha value is -4.48. The maximum Gasteiger partial charge on any atom is 0.128 e. The molecule has 1 aliphatic heterocycles. The number of aryl methyl sites for hydroxylation is 2. The first-order chi connectivity index (χ1) is 19.2. The van der Waals surface area contributed by atoms with Crippen molar-refractivity contribution in [3.8, 4) is 28.3 Å². The number of nitrogens with zero attached hydrogens (tertiary/aromatic N) is 8. The number of rotatable bonds is 7. The summed E-state index contributed by atoms with van der Waals surface area (Å²) < 4.78 is 3.78. The monoisotopic (exact) mass is 516 g/mol. The van der Waals surface area contributed by atoms with E-state index in [1.807, 2.05) is 21.6 Å². The summed E-state index contributed by atoms with van der Waals surface area (Å²) >= 11 is 0. The highest BCUT2D eigenvalue weighted by Crippen LogP contribution is 2.33. The highest BCUT2D eigenvalue weighted by atomic mass is 15.3. The number of piperazine rings is 1. The van der Waals surface area contributed by atoms with Crippen LogP contribution in [-0.4, -0.2) is 55.5 Å². The van der Waals surface area contributed by atoms with Crippen LogP contribution in [0.5, 0.6) is 0 Å². The first kappa shape index (κ1) is 24.8. The average molecular weight is 517 g/mol. The highest BCUT2D eigenvalue weighted by molar-refractivity contribution is 5.87. The fourth-order valence-electron chi connectivity index (χ4n) is 5.41. The van der Waals surface area contributed by atoms with E-state index in [-0.39, 0.29) is 0 Å². The van der Waals surface area contributed by atoms with Gasteiger partial charge in [-0.25, -0.2) is 9.50 Å². The van der Waals surface area contributed by atoms with E-state index in [0.29, 0.717) is 5.56 Å². The molecule has 1 fully saturated rings. The summed E-state index contributed by atoms with van der Waals surface area (Å²) in [6.07, 6.45) is 8.49. The van der Waals surface area contributed by atoms with Crippen LogP contribution in [0.3, 0.4) is 0 Å². The Morgan fingerprint density at radius 3 is 2.41 bits per heavy atom. The quantitative estimate of drug-likeness (QED) is 0.302. The molecule has 0 N–H and O–H groups in total. The molecule has 1 aromatic carbocycles. The van der Waals surface area contributed by atoms with Crippen molar-refractivity contribution < 1.29 is 0 Å². The number of aromatic nitrogens is 5. The first-order valence-electron chi connectivity index (χ1n) is 13.6. The summed E-state index contributed by atoms with van der Waals surface area (Å²) in [6, 6.07) is 19.3. The smallest absolute Gasteiger partial charge is 0.128 e. The van der Waals surface area contributed by atoms with E-state index < -0.39 is 0 Å². The zero-order valence-corrected chi connectivity index (χ0v) is 22.5. The SMILES string of the molecule is CCc1nn(CC)cc1-c1cc(-c2ccc(N3CCN(Cc4ccccc4)CC3)nc2)c2c(C#N)cnn2c1. The van der Waals surface area contributed by atoms with Gasteiger partial charge in [0.2, 0.25) is 0 Å². The maximum atomic E-state index is 9.79. The summed E-state index contributed by atoms with van der Waals surface area (Å²) in [5, 5.41) is 19.0. The number of benzene rings is 1. The first-order valence-corrected chi connectivity index (χ1v) is 13.6. The molecule has 39 heavy (non-hydrogen) atoms.